The van der Waals surface area contributed by atoms with Crippen molar-refractivity contribution in [2.24, 2.45) is 5.92 Å². The molecule has 0 unspecified atom stereocenters. The van der Waals surface area contributed by atoms with Crippen LogP contribution in [-0.2, 0) is 4.79 Å². The summed E-state index contributed by atoms with van der Waals surface area (Å²) in [5, 5.41) is 5.40. The standard InChI is InChI=1S/C22H23N3O4/c1-13(2)10-11-25-21(28)18-9-4-15(12-19(18)22(25)29)20(27)24-17-7-5-16(6-8-17)23-14(3)26/h4-9,12-13H,10-11H2,1-3H3,(H,23,26)(H,24,27). The van der Waals surface area contributed by atoms with Crippen molar-refractivity contribution in [3.63, 3.8) is 0 Å². The number of carbonyl (C=O) groups excluding carboxylic acids is 4. The zero-order chi connectivity index (χ0) is 21.1. The highest BCUT2D eigenvalue weighted by atomic mass is 16.2. The van der Waals surface area contributed by atoms with Gasteiger partial charge in [-0.3, -0.25) is 24.1 Å². The Kier molecular flexibility index (Phi) is 5.77. The number of hydrogen-bond donors (Lipinski definition) is 2. The van der Waals surface area contributed by atoms with Crippen LogP contribution < -0.4 is 10.6 Å². The first-order chi connectivity index (χ1) is 13.8. The molecule has 1 heterocycles. The van der Waals surface area contributed by atoms with Crippen molar-refractivity contribution < 1.29 is 19.2 Å². The Labute approximate surface area is 169 Å². The van der Waals surface area contributed by atoms with Gasteiger partial charge < -0.3 is 10.6 Å². The summed E-state index contributed by atoms with van der Waals surface area (Å²) in [7, 11) is 0. The van der Waals surface area contributed by atoms with Crippen LogP contribution in [0.2, 0.25) is 0 Å². The number of nitrogens with one attached hydrogen (secondary N) is 2. The molecule has 4 amide bonds. The van der Waals surface area contributed by atoms with Crippen LogP contribution in [0.3, 0.4) is 0 Å². The van der Waals surface area contributed by atoms with Gasteiger partial charge in [-0.25, -0.2) is 0 Å². The minimum absolute atomic E-state index is 0.179. The number of carbonyl (C=O) groups is 4. The van der Waals surface area contributed by atoms with E-state index in [9.17, 15) is 19.2 Å². The van der Waals surface area contributed by atoms with Crippen LogP contribution >= 0.6 is 0 Å². The highest BCUT2D eigenvalue weighted by molar-refractivity contribution is 6.22. The van der Waals surface area contributed by atoms with E-state index in [1.54, 1.807) is 24.3 Å². The van der Waals surface area contributed by atoms with Crippen LogP contribution in [0, 0.1) is 5.92 Å². The molecule has 3 rings (SSSR count). The van der Waals surface area contributed by atoms with E-state index in [4.69, 9.17) is 0 Å². The Morgan fingerprint density at radius 2 is 1.48 bits per heavy atom. The predicted octanol–water partition coefficient (Wildman–Crippen LogP) is 3.54. The molecular weight excluding hydrogens is 370 g/mol. The summed E-state index contributed by atoms with van der Waals surface area (Å²) in [5.41, 5.74) is 2.05. The molecule has 29 heavy (non-hydrogen) atoms. The lowest BCUT2D eigenvalue weighted by molar-refractivity contribution is -0.114. The summed E-state index contributed by atoms with van der Waals surface area (Å²) in [6.07, 6.45) is 0.729. The maximum atomic E-state index is 12.6. The second-order valence-electron chi connectivity index (χ2n) is 7.42. The highest BCUT2D eigenvalue weighted by Crippen LogP contribution is 2.25. The predicted molar refractivity (Wildman–Crippen MR) is 110 cm³/mol. The lowest BCUT2D eigenvalue weighted by Crippen LogP contribution is -2.31. The molecule has 0 aromatic heterocycles. The van der Waals surface area contributed by atoms with Crippen molar-refractivity contribution in [2.75, 3.05) is 17.2 Å². The summed E-state index contributed by atoms with van der Waals surface area (Å²) >= 11 is 0. The summed E-state index contributed by atoms with van der Waals surface area (Å²) < 4.78 is 0. The van der Waals surface area contributed by atoms with Crippen molar-refractivity contribution in [2.45, 2.75) is 27.2 Å². The van der Waals surface area contributed by atoms with Gasteiger partial charge in [-0.2, -0.15) is 0 Å². The first-order valence-electron chi connectivity index (χ1n) is 9.45. The molecule has 0 saturated heterocycles. The van der Waals surface area contributed by atoms with E-state index in [2.05, 4.69) is 10.6 Å². The quantitative estimate of drug-likeness (QED) is 0.734. The van der Waals surface area contributed by atoms with Gasteiger partial charge in [-0.15, -0.1) is 0 Å². The maximum absolute atomic E-state index is 12.6. The maximum Gasteiger partial charge on any atom is 0.261 e. The SMILES string of the molecule is CC(=O)Nc1ccc(NC(=O)c2ccc3c(c2)C(=O)N(CCC(C)C)C3=O)cc1. The van der Waals surface area contributed by atoms with Gasteiger partial charge in [0.05, 0.1) is 11.1 Å². The van der Waals surface area contributed by atoms with Gasteiger partial charge in [0.1, 0.15) is 0 Å². The minimum Gasteiger partial charge on any atom is -0.326 e. The smallest absolute Gasteiger partial charge is 0.261 e. The largest absolute Gasteiger partial charge is 0.326 e. The lowest BCUT2D eigenvalue weighted by atomic mass is 10.1. The Bertz CT molecular complexity index is 980. The van der Waals surface area contributed by atoms with Gasteiger partial charge >= 0.3 is 0 Å². The number of benzene rings is 2. The van der Waals surface area contributed by atoms with Gasteiger partial charge in [0.15, 0.2) is 0 Å². The number of rotatable bonds is 6. The number of nitrogens with zero attached hydrogens (tertiary/aromatic N) is 1. The fraction of sp³-hybridized carbons (Fsp3) is 0.273. The normalized spacial score (nSPS) is 12.9. The first kappa shape index (κ1) is 20.3. The number of amides is 4. The second-order valence-corrected chi connectivity index (χ2v) is 7.42. The molecule has 7 heteroatoms. The first-order valence-corrected chi connectivity index (χ1v) is 9.45. The molecule has 2 aromatic carbocycles. The van der Waals surface area contributed by atoms with Crippen LogP contribution in [0.25, 0.3) is 0 Å². The van der Waals surface area contributed by atoms with Gasteiger partial charge in [-0.05, 0) is 54.8 Å². The molecule has 0 fully saturated rings. The topological polar surface area (TPSA) is 95.6 Å². The molecule has 2 aromatic rings. The summed E-state index contributed by atoms with van der Waals surface area (Å²) in [5.74, 6) is -0.869. The van der Waals surface area contributed by atoms with Crippen molar-refractivity contribution >= 4 is 35.0 Å². The van der Waals surface area contributed by atoms with Crippen LogP contribution in [0.1, 0.15) is 58.3 Å². The van der Waals surface area contributed by atoms with Crippen LogP contribution in [0.5, 0.6) is 0 Å². The Morgan fingerprint density at radius 3 is 2.07 bits per heavy atom. The van der Waals surface area contributed by atoms with Crippen LogP contribution in [0.4, 0.5) is 11.4 Å². The number of anilines is 2. The molecule has 1 aliphatic heterocycles. The Morgan fingerprint density at radius 1 is 0.897 bits per heavy atom. The van der Waals surface area contributed by atoms with E-state index >= 15 is 0 Å². The van der Waals surface area contributed by atoms with E-state index in [0.717, 1.165) is 6.42 Å². The van der Waals surface area contributed by atoms with Gasteiger partial charge in [0.2, 0.25) is 5.91 Å². The monoisotopic (exact) mass is 393 g/mol. The third-order valence-electron chi connectivity index (χ3n) is 4.63. The number of fused-ring (bicyclic) bond motifs is 1. The molecule has 0 aliphatic carbocycles. The lowest BCUT2D eigenvalue weighted by Gasteiger charge is -2.14. The molecule has 0 spiro atoms. The van der Waals surface area contributed by atoms with Crippen molar-refractivity contribution in [3.05, 3.63) is 59.2 Å². The van der Waals surface area contributed by atoms with Gasteiger partial charge in [0, 0.05) is 30.4 Å². The van der Waals surface area contributed by atoms with Crippen molar-refractivity contribution in [3.8, 4) is 0 Å². The Balaban J connectivity index is 1.73. The fourth-order valence-corrected chi connectivity index (χ4v) is 3.07. The van der Waals surface area contributed by atoms with E-state index in [0.29, 0.717) is 35.0 Å². The fourth-order valence-electron chi connectivity index (χ4n) is 3.07. The Hall–Kier alpha value is -3.48. The van der Waals surface area contributed by atoms with E-state index in [1.165, 1.54) is 30.0 Å². The van der Waals surface area contributed by atoms with Crippen molar-refractivity contribution in [1.29, 1.82) is 0 Å². The number of hydrogen-bond acceptors (Lipinski definition) is 4. The summed E-state index contributed by atoms with van der Waals surface area (Å²) in [4.78, 5) is 50.0. The third-order valence-corrected chi connectivity index (χ3v) is 4.63. The van der Waals surface area contributed by atoms with Gasteiger partial charge in [-0.1, -0.05) is 13.8 Å². The molecule has 150 valence electrons. The zero-order valence-corrected chi connectivity index (χ0v) is 16.6. The molecule has 0 atom stereocenters. The molecule has 0 saturated carbocycles. The van der Waals surface area contributed by atoms with E-state index < -0.39 is 0 Å². The molecule has 0 radical (unpaired) electrons. The van der Waals surface area contributed by atoms with E-state index in [-0.39, 0.29) is 29.2 Å². The third kappa shape index (κ3) is 4.51. The average Bonchev–Trinajstić information content (AvgIpc) is 2.91. The average molecular weight is 393 g/mol. The van der Waals surface area contributed by atoms with Crippen molar-refractivity contribution in [1.82, 2.24) is 4.90 Å². The zero-order valence-electron chi connectivity index (χ0n) is 16.6. The number of imide groups is 1. The second kappa shape index (κ2) is 8.26. The highest BCUT2D eigenvalue weighted by Gasteiger charge is 2.35. The van der Waals surface area contributed by atoms with Gasteiger partial charge in [0.25, 0.3) is 17.7 Å². The molecule has 0 bridgehead atoms. The molecule has 1 aliphatic rings. The summed E-state index contributed by atoms with van der Waals surface area (Å²) in [6, 6.07) is 11.2. The van der Waals surface area contributed by atoms with E-state index in [1.807, 2.05) is 13.8 Å². The van der Waals surface area contributed by atoms with Crippen LogP contribution in [0.15, 0.2) is 42.5 Å². The van der Waals surface area contributed by atoms with Crippen LogP contribution in [-0.4, -0.2) is 35.1 Å². The molecule has 2 N–H and O–H groups in total. The molecular formula is C22H23N3O4. The molecule has 7 nitrogen and oxygen atoms in total. The summed E-state index contributed by atoms with van der Waals surface area (Å²) in [6.45, 7) is 5.85. The minimum atomic E-state index is -0.388.